The Morgan fingerprint density at radius 3 is 2.41 bits per heavy atom. The molecule has 2 aliphatic rings. The molecule has 6 nitrogen and oxygen atoms in total. The zero-order valence-electron chi connectivity index (χ0n) is 15.7. The third-order valence-electron chi connectivity index (χ3n) is 5.36. The van der Waals surface area contributed by atoms with Crippen molar-refractivity contribution >= 4 is 35.1 Å². The molecule has 29 heavy (non-hydrogen) atoms. The van der Waals surface area contributed by atoms with Crippen LogP contribution in [0.3, 0.4) is 0 Å². The van der Waals surface area contributed by atoms with E-state index in [1.165, 1.54) is 0 Å². The summed E-state index contributed by atoms with van der Waals surface area (Å²) in [6.45, 7) is 0.394. The molecule has 0 radical (unpaired) electrons. The van der Waals surface area contributed by atoms with E-state index in [1.54, 1.807) is 16.7 Å². The molecule has 0 aliphatic carbocycles. The molecule has 7 heteroatoms. The number of hydrogen-bond donors (Lipinski definition) is 1. The second-order valence-corrected chi connectivity index (χ2v) is 8.23. The van der Waals surface area contributed by atoms with Crippen LogP contribution in [0, 0.1) is 5.92 Å². The lowest BCUT2D eigenvalue weighted by Crippen LogP contribution is -2.28. The zero-order chi connectivity index (χ0) is 19.8. The standard InChI is InChI=1S/C22H20N4O2S/c27-20-11-15(12-25(20)16-7-3-1-4-8-16)22(28)23-21-18-13-29-14-19(18)24-26(21)17-9-5-2-6-10-17/h1-10,15H,11-14H2,(H,23,28)/t15-/m1/s1. The Kier molecular flexibility index (Phi) is 4.60. The van der Waals surface area contributed by atoms with Gasteiger partial charge in [-0.05, 0) is 24.3 Å². The molecule has 0 saturated carbocycles. The molecule has 0 bridgehead atoms. The molecule has 0 spiro atoms. The van der Waals surface area contributed by atoms with Gasteiger partial charge in [-0.2, -0.15) is 16.9 Å². The molecule has 2 aliphatic heterocycles. The van der Waals surface area contributed by atoms with Gasteiger partial charge < -0.3 is 10.2 Å². The van der Waals surface area contributed by atoms with Crippen molar-refractivity contribution in [1.29, 1.82) is 0 Å². The van der Waals surface area contributed by atoms with Crippen LogP contribution >= 0.6 is 11.8 Å². The number of rotatable bonds is 4. The van der Waals surface area contributed by atoms with Gasteiger partial charge in [-0.15, -0.1) is 0 Å². The van der Waals surface area contributed by atoms with Gasteiger partial charge in [0.15, 0.2) is 0 Å². The Bertz CT molecular complexity index is 1070. The van der Waals surface area contributed by atoms with E-state index < -0.39 is 0 Å². The fourth-order valence-electron chi connectivity index (χ4n) is 3.86. The normalized spacial score (nSPS) is 18.1. The van der Waals surface area contributed by atoms with Crippen LogP contribution in [0.1, 0.15) is 17.7 Å². The van der Waals surface area contributed by atoms with Gasteiger partial charge in [-0.3, -0.25) is 9.59 Å². The lowest BCUT2D eigenvalue weighted by atomic mass is 10.1. The number of amides is 2. The van der Waals surface area contributed by atoms with E-state index in [1.807, 2.05) is 65.3 Å². The molecule has 1 fully saturated rings. The van der Waals surface area contributed by atoms with E-state index in [2.05, 4.69) is 5.32 Å². The van der Waals surface area contributed by atoms with E-state index in [-0.39, 0.29) is 24.2 Å². The first-order valence-electron chi connectivity index (χ1n) is 9.61. The van der Waals surface area contributed by atoms with Crippen molar-refractivity contribution in [1.82, 2.24) is 9.78 Å². The second-order valence-electron chi connectivity index (χ2n) is 7.24. The highest BCUT2D eigenvalue weighted by molar-refractivity contribution is 7.98. The molecule has 3 heterocycles. The van der Waals surface area contributed by atoms with Gasteiger partial charge >= 0.3 is 0 Å². The summed E-state index contributed by atoms with van der Waals surface area (Å²) in [5.41, 5.74) is 3.84. The van der Waals surface area contributed by atoms with Crippen LogP contribution in [-0.4, -0.2) is 28.1 Å². The topological polar surface area (TPSA) is 67.2 Å². The fraction of sp³-hybridized carbons (Fsp3) is 0.227. The molecule has 3 aromatic rings. The minimum Gasteiger partial charge on any atom is -0.312 e. The number of nitrogens with one attached hydrogen (secondary N) is 1. The quantitative estimate of drug-likeness (QED) is 0.721. The van der Waals surface area contributed by atoms with E-state index in [0.29, 0.717) is 6.54 Å². The van der Waals surface area contributed by atoms with E-state index >= 15 is 0 Å². The lowest BCUT2D eigenvalue weighted by molar-refractivity contribution is -0.122. The van der Waals surface area contributed by atoms with Crippen LogP contribution in [0.4, 0.5) is 11.5 Å². The molecule has 1 aromatic heterocycles. The number of thioether (sulfide) groups is 1. The maximum absolute atomic E-state index is 13.1. The molecular formula is C22H20N4O2S. The monoisotopic (exact) mass is 404 g/mol. The number of nitrogens with zero attached hydrogens (tertiary/aromatic N) is 3. The molecule has 2 amide bonds. The van der Waals surface area contributed by atoms with Crippen molar-refractivity contribution in [3.05, 3.63) is 71.9 Å². The van der Waals surface area contributed by atoms with Crippen LogP contribution in [0.15, 0.2) is 60.7 Å². The van der Waals surface area contributed by atoms with Crippen LogP contribution in [0.25, 0.3) is 5.69 Å². The Labute approximate surface area is 172 Å². The van der Waals surface area contributed by atoms with Gasteiger partial charge in [0.1, 0.15) is 5.82 Å². The summed E-state index contributed by atoms with van der Waals surface area (Å²) < 4.78 is 1.81. The van der Waals surface area contributed by atoms with Crippen molar-refractivity contribution in [3.8, 4) is 5.69 Å². The summed E-state index contributed by atoms with van der Waals surface area (Å²) in [4.78, 5) is 27.3. The van der Waals surface area contributed by atoms with Crippen molar-refractivity contribution < 1.29 is 9.59 Å². The maximum Gasteiger partial charge on any atom is 0.230 e. The Morgan fingerprint density at radius 1 is 1.00 bits per heavy atom. The van der Waals surface area contributed by atoms with Crippen LogP contribution in [0.5, 0.6) is 0 Å². The van der Waals surface area contributed by atoms with Gasteiger partial charge in [0.25, 0.3) is 0 Å². The van der Waals surface area contributed by atoms with Crippen LogP contribution in [-0.2, 0) is 21.1 Å². The SMILES string of the molecule is O=C(Nc1c2c(nn1-c1ccccc1)CSC2)[C@@H]1CC(=O)N(c2ccccc2)C1. The van der Waals surface area contributed by atoms with Crippen LogP contribution in [0.2, 0.25) is 0 Å². The first kappa shape index (κ1) is 18.0. The van der Waals surface area contributed by atoms with Gasteiger partial charge in [0.05, 0.1) is 17.3 Å². The van der Waals surface area contributed by atoms with Gasteiger partial charge in [-0.1, -0.05) is 36.4 Å². The molecule has 2 aromatic carbocycles. The first-order valence-corrected chi connectivity index (χ1v) is 10.8. The van der Waals surface area contributed by atoms with Crippen LogP contribution < -0.4 is 10.2 Å². The molecule has 1 N–H and O–H groups in total. The number of para-hydroxylation sites is 2. The number of hydrogen-bond acceptors (Lipinski definition) is 4. The Balaban J connectivity index is 1.40. The highest BCUT2D eigenvalue weighted by atomic mass is 32.2. The zero-order valence-corrected chi connectivity index (χ0v) is 16.6. The smallest absolute Gasteiger partial charge is 0.230 e. The van der Waals surface area contributed by atoms with Gasteiger partial charge in [-0.25, -0.2) is 4.68 Å². The largest absolute Gasteiger partial charge is 0.312 e. The van der Waals surface area contributed by atoms with E-state index in [4.69, 9.17) is 5.10 Å². The minimum atomic E-state index is -0.383. The number of carbonyl (C=O) groups excluding carboxylic acids is 2. The minimum absolute atomic E-state index is 0.0197. The first-order chi connectivity index (χ1) is 14.2. The summed E-state index contributed by atoms with van der Waals surface area (Å²) in [5.74, 6) is 1.87. The summed E-state index contributed by atoms with van der Waals surface area (Å²) in [6, 6.07) is 19.3. The molecular weight excluding hydrogens is 384 g/mol. The number of benzene rings is 2. The summed E-state index contributed by atoms with van der Waals surface area (Å²) in [6.07, 6.45) is 0.219. The Morgan fingerprint density at radius 2 is 1.69 bits per heavy atom. The molecule has 1 atom stereocenters. The molecule has 146 valence electrons. The van der Waals surface area contributed by atoms with Gasteiger partial charge in [0.2, 0.25) is 11.8 Å². The second kappa shape index (κ2) is 7.40. The highest BCUT2D eigenvalue weighted by Crippen LogP contribution is 2.36. The number of anilines is 2. The van der Waals surface area contributed by atoms with Crippen molar-refractivity contribution in [2.75, 3.05) is 16.8 Å². The fourth-order valence-corrected chi connectivity index (χ4v) is 4.89. The highest BCUT2D eigenvalue weighted by Gasteiger charge is 2.36. The van der Waals surface area contributed by atoms with Crippen molar-refractivity contribution in [3.63, 3.8) is 0 Å². The predicted octanol–water partition coefficient (Wildman–Crippen LogP) is 3.61. The van der Waals surface area contributed by atoms with Crippen molar-refractivity contribution in [2.24, 2.45) is 5.92 Å². The number of carbonyl (C=O) groups is 2. The Hall–Kier alpha value is -3.06. The third-order valence-corrected chi connectivity index (χ3v) is 6.33. The summed E-state index contributed by atoms with van der Waals surface area (Å²) in [5, 5.41) is 7.82. The lowest BCUT2D eigenvalue weighted by Gasteiger charge is -2.17. The molecule has 0 unspecified atom stereocenters. The third kappa shape index (κ3) is 3.31. The average molecular weight is 404 g/mol. The molecule has 1 saturated heterocycles. The van der Waals surface area contributed by atoms with E-state index in [9.17, 15) is 9.59 Å². The number of aromatic nitrogens is 2. The maximum atomic E-state index is 13.1. The predicted molar refractivity (Wildman–Crippen MR) is 114 cm³/mol. The summed E-state index contributed by atoms with van der Waals surface area (Å²) in [7, 11) is 0. The molecule has 5 rings (SSSR count). The van der Waals surface area contributed by atoms with E-state index in [0.717, 1.165) is 40.0 Å². The van der Waals surface area contributed by atoms with Gasteiger partial charge in [0, 0.05) is 35.7 Å². The van der Waals surface area contributed by atoms with Crippen molar-refractivity contribution in [2.45, 2.75) is 17.9 Å². The number of fused-ring (bicyclic) bond motifs is 1. The summed E-state index contributed by atoms with van der Waals surface area (Å²) >= 11 is 1.80. The average Bonchev–Trinajstić information content (AvgIpc) is 3.45.